The van der Waals surface area contributed by atoms with E-state index in [0.717, 1.165) is 122 Å². The lowest BCUT2D eigenvalue weighted by Crippen LogP contribution is -2.48. The molecule has 1 saturated heterocycles. The standard InChI is InChI=1S/C71H146N4O6S2Si/c1-10-14-18-22-26-30-34-38-46-66(76)62-74(63-67(77)47-39-35-31-27-23-19-15-11-2)53-45-61-83-82-60-43-42-51-72-54-56-73(57-55-72)58-59-80-70(79)50-44-52-75(64-68(78)48-40-36-32-28-24-20-16-12-3)65-69(81-84(8,9)71(5,6)7)49-41-37-33-29-25-21-17-13-4/h66-69,76-78H,10-65H2,1-9H3. The highest BCUT2D eigenvalue weighted by molar-refractivity contribution is 8.76. The summed E-state index contributed by atoms with van der Waals surface area (Å²) in [6.45, 7) is 32.0. The molecule has 0 radical (unpaired) electrons. The second-order valence-corrected chi connectivity index (χ2v) is 35.2. The summed E-state index contributed by atoms with van der Waals surface area (Å²) < 4.78 is 13.0. The van der Waals surface area contributed by atoms with Crippen LogP contribution in [0.15, 0.2) is 0 Å². The van der Waals surface area contributed by atoms with E-state index in [-0.39, 0.29) is 35.4 Å². The van der Waals surface area contributed by atoms with Crippen molar-refractivity contribution < 1.29 is 29.3 Å². The van der Waals surface area contributed by atoms with Gasteiger partial charge in [0.05, 0.1) is 24.4 Å². The summed E-state index contributed by atoms with van der Waals surface area (Å²) in [4.78, 5) is 23.0. The number of piperazine rings is 1. The van der Waals surface area contributed by atoms with Crippen molar-refractivity contribution in [2.75, 3.05) is 96.6 Å². The van der Waals surface area contributed by atoms with Crippen LogP contribution in [0.3, 0.4) is 0 Å². The third-order valence-electron chi connectivity index (χ3n) is 18.4. The smallest absolute Gasteiger partial charge is 0.305 e. The molecule has 0 aromatic carbocycles. The van der Waals surface area contributed by atoms with Crippen LogP contribution in [0.1, 0.15) is 312 Å². The number of nitrogens with zero attached hydrogens (tertiary/aromatic N) is 4. The maximum atomic E-state index is 13.2. The van der Waals surface area contributed by atoms with E-state index in [4.69, 9.17) is 9.16 Å². The number of hydrogen-bond acceptors (Lipinski definition) is 12. The molecular formula is C71H146N4O6S2Si. The van der Waals surface area contributed by atoms with E-state index >= 15 is 0 Å². The average molecular weight is 1240 g/mol. The molecule has 4 atom stereocenters. The van der Waals surface area contributed by atoms with E-state index in [9.17, 15) is 20.1 Å². The normalized spacial score (nSPS) is 15.4. The van der Waals surface area contributed by atoms with Crippen molar-refractivity contribution in [3.05, 3.63) is 0 Å². The fourth-order valence-corrected chi connectivity index (χ4v) is 15.4. The minimum Gasteiger partial charge on any atom is -0.464 e. The summed E-state index contributed by atoms with van der Waals surface area (Å²) >= 11 is 0. The average Bonchev–Trinajstić information content (AvgIpc) is 3.49. The third-order valence-corrected chi connectivity index (χ3v) is 25.5. The van der Waals surface area contributed by atoms with E-state index in [0.29, 0.717) is 32.7 Å². The zero-order valence-electron chi connectivity index (χ0n) is 57.6. The van der Waals surface area contributed by atoms with Crippen LogP contribution >= 0.6 is 21.6 Å². The van der Waals surface area contributed by atoms with E-state index < -0.39 is 8.32 Å². The predicted molar refractivity (Wildman–Crippen MR) is 374 cm³/mol. The number of carbonyl (C=O) groups is 1. The van der Waals surface area contributed by atoms with Gasteiger partial charge in [-0.1, -0.05) is 276 Å². The number of ether oxygens (including phenoxy) is 1. The van der Waals surface area contributed by atoms with Crippen LogP contribution < -0.4 is 0 Å². The number of esters is 1. The molecule has 1 fully saturated rings. The fraction of sp³-hybridized carbons (Fsp3) is 0.986. The number of carbonyl (C=O) groups excluding carboxylic acids is 1. The summed E-state index contributed by atoms with van der Waals surface area (Å²) in [6.07, 6.45) is 48.7. The van der Waals surface area contributed by atoms with Crippen molar-refractivity contribution in [1.82, 2.24) is 19.6 Å². The quantitative estimate of drug-likeness (QED) is 0.0234. The number of hydrogen-bond donors (Lipinski definition) is 3. The van der Waals surface area contributed by atoms with Crippen LogP contribution in [-0.4, -0.2) is 170 Å². The minimum absolute atomic E-state index is 0.0991. The zero-order chi connectivity index (χ0) is 61.6. The minimum atomic E-state index is -2.01. The Bertz CT molecular complexity index is 1380. The van der Waals surface area contributed by atoms with E-state index in [1.54, 1.807) is 0 Å². The van der Waals surface area contributed by atoms with Gasteiger partial charge in [-0.15, -0.1) is 0 Å². The maximum absolute atomic E-state index is 13.2. The first-order chi connectivity index (χ1) is 40.6. The summed E-state index contributed by atoms with van der Waals surface area (Å²) in [5, 5.41) is 33.6. The Balaban J connectivity index is 2.50. The molecule has 1 heterocycles. The first kappa shape index (κ1) is 82.1. The predicted octanol–water partition coefficient (Wildman–Crippen LogP) is 18.7. The monoisotopic (exact) mass is 1240 g/mol. The van der Waals surface area contributed by atoms with E-state index in [1.807, 2.05) is 21.6 Å². The summed E-state index contributed by atoms with van der Waals surface area (Å²) in [7, 11) is 2.00. The second-order valence-electron chi connectivity index (χ2n) is 27.7. The first-order valence-corrected chi connectivity index (χ1v) is 42.0. The van der Waals surface area contributed by atoms with Crippen LogP contribution in [0.2, 0.25) is 18.1 Å². The molecule has 0 saturated carbocycles. The van der Waals surface area contributed by atoms with Gasteiger partial charge in [-0.3, -0.25) is 19.5 Å². The van der Waals surface area contributed by atoms with Crippen molar-refractivity contribution in [3.8, 4) is 0 Å². The molecule has 0 aromatic rings. The number of aliphatic hydroxyl groups is 3. The van der Waals surface area contributed by atoms with Crippen LogP contribution in [0.5, 0.6) is 0 Å². The van der Waals surface area contributed by atoms with Crippen molar-refractivity contribution in [2.45, 2.75) is 354 Å². The lowest BCUT2D eigenvalue weighted by atomic mass is 10.0. The highest BCUT2D eigenvalue weighted by Crippen LogP contribution is 2.38. The first-order valence-electron chi connectivity index (χ1n) is 36.6. The summed E-state index contributed by atoms with van der Waals surface area (Å²) in [5.41, 5.74) is 0. The summed E-state index contributed by atoms with van der Waals surface area (Å²) in [6, 6.07) is 0. The molecule has 1 aliphatic rings. The van der Waals surface area contributed by atoms with Crippen LogP contribution in [0.4, 0.5) is 0 Å². The maximum Gasteiger partial charge on any atom is 0.305 e. The fourth-order valence-electron chi connectivity index (χ4n) is 11.8. The lowest BCUT2D eigenvalue weighted by Gasteiger charge is -2.41. The molecule has 0 aromatic heterocycles. The number of aliphatic hydroxyl groups excluding tert-OH is 3. The van der Waals surface area contributed by atoms with Gasteiger partial charge in [0.15, 0.2) is 8.32 Å². The molecule has 4 unspecified atom stereocenters. The van der Waals surface area contributed by atoms with Crippen molar-refractivity contribution in [1.29, 1.82) is 0 Å². The third kappa shape index (κ3) is 49.8. The molecule has 0 spiro atoms. The molecule has 84 heavy (non-hydrogen) atoms. The Kier molecular flexibility index (Phi) is 55.7. The highest BCUT2D eigenvalue weighted by atomic mass is 33.1. The molecule has 10 nitrogen and oxygen atoms in total. The van der Waals surface area contributed by atoms with Crippen LogP contribution in [-0.2, 0) is 14.0 Å². The highest BCUT2D eigenvalue weighted by Gasteiger charge is 2.39. The molecule has 13 heteroatoms. The molecular weight excluding hydrogens is 1100 g/mol. The molecule has 0 amide bonds. The van der Waals surface area contributed by atoms with Crippen LogP contribution in [0.25, 0.3) is 0 Å². The Hall–Kier alpha value is 0.0669. The van der Waals surface area contributed by atoms with Gasteiger partial charge in [0, 0.05) is 76.8 Å². The second kappa shape index (κ2) is 57.0. The van der Waals surface area contributed by atoms with Gasteiger partial charge in [0.1, 0.15) is 6.61 Å². The number of rotatable bonds is 63. The Labute approximate surface area is 532 Å². The van der Waals surface area contributed by atoms with Gasteiger partial charge in [-0.2, -0.15) is 0 Å². The molecule has 1 rings (SSSR count). The Morgan fingerprint density at radius 1 is 0.452 bits per heavy atom. The summed E-state index contributed by atoms with van der Waals surface area (Å²) in [5.74, 6) is 2.19. The van der Waals surface area contributed by atoms with E-state index in [2.05, 4.69) is 81.2 Å². The zero-order valence-corrected chi connectivity index (χ0v) is 60.2. The van der Waals surface area contributed by atoms with Gasteiger partial charge in [-0.05, 0) is 89.1 Å². The lowest BCUT2D eigenvalue weighted by molar-refractivity contribution is -0.144. The van der Waals surface area contributed by atoms with Crippen LogP contribution in [0, 0.1) is 0 Å². The molecule has 502 valence electrons. The molecule has 0 aliphatic carbocycles. The number of unbranched alkanes of at least 4 members (excludes halogenated alkanes) is 29. The molecule has 0 bridgehead atoms. The Morgan fingerprint density at radius 2 is 0.798 bits per heavy atom. The molecule has 3 N–H and O–H groups in total. The Morgan fingerprint density at radius 3 is 1.20 bits per heavy atom. The van der Waals surface area contributed by atoms with Gasteiger partial charge in [0.25, 0.3) is 0 Å². The van der Waals surface area contributed by atoms with Crippen molar-refractivity contribution >= 4 is 35.9 Å². The topological polar surface area (TPSA) is 109 Å². The molecule has 1 aliphatic heterocycles. The SMILES string of the molecule is CCCCCCCCCCC(O)CN(CCCSSCCCCN1CCN(CCOC(=O)CCCN(CC(O)CCCCCCCCCC)CC(CCCCCCCCCC)O[Si](C)(C)C(C)(C)C)CC1)CC(O)CCCCCCCCCC. The van der Waals surface area contributed by atoms with Gasteiger partial charge in [-0.25, -0.2) is 0 Å². The van der Waals surface area contributed by atoms with E-state index in [1.165, 1.54) is 205 Å². The van der Waals surface area contributed by atoms with Crippen molar-refractivity contribution in [2.24, 2.45) is 0 Å². The van der Waals surface area contributed by atoms with Gasteiger partial charge >= 0.3 is 5.97 Å². The van der Waals surface area contributed by atoms with Gasteiger partial charge < -0.3 is 29.4 Å². The van der Waals surface area contributed by atoms with Gasteiger partial charge in [0.2, 0.25) is 0 Å². The van der Waals surface area contributed by atoms with Crippen molar-refractivity contribution in [3.63, 3.8) is 0 Å². The largest absolute Gasteiger partial charge is 0.464 e.